The molecule has 0 bridgehead atoms. The van der Waals surface area contributed by atoms with Crippen molar-refractivity contribution in [3.05, 3.63) is 30.1 Å². The van der Waals surface area contributed by atoms with Gasteiger partial charge in [-0.1, -0.05) is 0 Å². The molecule has 2 heterocycles. The molecule has 2 aliphatic rings. The van der Waals surface area contributed by atoms with Crippen LogP contribution in [0.25, 0.3) is 0 Å². The molecule has 3 rings (SSSR count). The van der Waals surface area contributed by atoms with E-state index < -0.39 is 0 Å². The minimum Gasteiger partial charge on any atom is -0.484 e. The summed E-state index contributed by atoms with van der Waals surface area (Å²) in [5, 5.41) is 0. The molecule has 5 nitrogen and oxygen atoms in total. The minimum absolute atomic E-state index is 0.0118. The van der Waals surface area contributed by atoms with Crippen LogP contribution < -0.4 is 4.74 Å². The van der Waals surface area contributed by atoms with Crippen molar-refractivity contribution < 1.29 is 23.4 Å². The van der Waals surface area contributed by atoms with Gasteiger partial charge in [-0.2, -0.15) is 0 Å². The summed E-state index contributed by atoms with van der Waals surface area (Å²) in [5.41, 5.74) is 0.191. The van der Waals surface area contributed by atoms with Gasteiger partial charge < -0.3 is 19.1 Å². The lowest BCUT2D eigenvalue weighted by atomic mass is 9.76. The monoisotopic (exact) mass is 351 g/mol. The first-order valence-corrected chi connectivity index (χ1v) is 8.96. The number of piperidine rings is 1. The zero-order valence-corrected chi connectivity index (χ0v) is 14.7. The molecular weight excluding hydrogens is 325 g/mol. The number of carbonyl (C=O) groups excluding carboxylic acids is 1. The van der Waals surface area contributed by atoms with E-state index in [1.807, 2.05) is 11.8 Å². The second-order valence-electron chi connectivity index (χ2n) is 6.92. The average Bonchev–Trinajstić information content (AvgIpc) is 3.02. The zero-order chi connectivity index (χ0) is 17.7. The van der Waals surface area contributed by atoms with E-state index >= 15 is 0 Å². The Bertz CT molecular complexity index is 569. The third-order valence-corrected chi connectivity index (χ3v) is 5.15. The maximum atomic E-state index is 12.9. The number of carbonyl (C=O) groups is 1. The van der Waals surface area contributed by atoms with Crippen LogP contribution >= 0.6 is 0 Å². The van der Waals surface area contributed by atoms with E-state index in [9.17, 15) is 9.18 Å². The topological polar surface area (TPSA) is 48.0 Å². The summed E-state index contributed by atoms with van der Waals surface area (Å²) in [6.45, 7) is 5.58. The van der Waals surface area contributed by atoms with Gasteiger partial charge in [-0.3, -0.25) is 4.79 Å². The van der Waals surface area contributed by atoms with Crippen LogP contribution in [0.3, 0.4) is 0 Å². The molecule has 2 fully saturated rings. The highest BCUT2D eigenvalue weighted by molar-refractivity contribution is 5.77. The van der Waals surface area contributed by atoms with Gasteiger partial charge in [0.1, 0.15) is 11.6 Å². The van der Waals surface area contributed by atoms with E-state index in [0.29, 0.717) is 19.0 Å². The van der Waals surface area contributed by atoms with Gasteiger partial charge in [-0.15, -0.1) is 0 Å². The van der Waals surface area contributed by atoms with Crippen molar-refractivity contribution in [1.29, 1.82) is 0 Å². The van der Waals surface area contributed by atoms with Crippen LogP contribution in [-0.2, 0) is 14.3 Å². The largest absolute Gasteiger partial charge is 0.484 e. The van der Waals surface area contributed by atoms with Crippen molar-refractivity contribution in [1.82, 2.24) is 4.90 Å². The number of hydrogen-bond acceptors (Lipinski definition) is 4. The maximum absolute atomic E-state index is 12.9. The lowest BCUT2D eigenvalue weighted by molar-refractivity contribution is -0.135. The highest BCUT2D eigenvalue weighted by Crippen LogP contribution is 2.42. The Labute approximate surface area is 148 Å². The SMILES string of the molecule is CCOC[C@@H]1CC2(CCN(C(=O)COc3ccc(F)cc3)CC2)CO1. The van der Waals surface area contributed by atoms with Crippen molar-refractivity contribution >= 4 is 5.91 Å². The third-order valence-electron chi connectivity index (χ3n) is 5.15. The van der Waals surface area contributed by atoms with E-state index in [0.717, 1.165) is 39.0 Å². The van der Waals surface area contributed by atoms with Crippen LogP contribution in [0.5, 0.6) is 5.75 Å². The van der Waals surface area contributed by atoms with Gasteiger partial charge in [0, 0.05) is 19.7 Å². The summed E-state index contributed by atoms with van der Waals surface area (Å²) in [5.74, 6) is 0.163. The van der Waals surface area contributed by atoms with Gasteiger partial charge in [0.05, 0.1) is 19.3 Å². The van der Waals surface area contributed by atoms with Crippen LogP contribution in [-0.4, -0.2) is 56.4 Å². The third kappa shape index (κ3) is 4.70. The summed E-state index contributed by atoms with van der Waals surface area (Å²) in [6.07, 6.45) is 3.11. The first kappa shape index (κ1) is 18.1. The second-order valence-corrected chi connectivity index (χ2v) is 6.92. The summed E-state index contributed by atoms with van der Waals surface area (Å²) in [7, 11) is 0. The van der Waals surface area contributed by atoms with Gasteiger partial charge in [0.2, 0.25) is 0 Å². The second kappa shape index (κ2) is 8.15. The van der Waals surface area contributed by atoms with Crippen molar-refractivity contribution in [2.75, 3.05) is 39.5 Å². The van der Waals surface area contributed by atoms with Crippen LogP contribution in [0.1, 0.15) is 26.2 Å². The van der Waals surface area contributed by atoms with E-state index in [2.05, 4.69) is 0 Å². The van der Waals surface area contributed by atoms with Gasteiger partial charge in [-0.25, -0.2) is 4.39 Å². The molecule has 0 aliphatic carbocycles. The lowest BCUT2D eigenvalue weighted by Crippen LogP contribution is -2.45. The van der Waals surface area contributed by atoms with Crippen molar-refractivity contribution in [3.8, 4) is 5.75 Å². The molecule has 2 saturated heterocycles. The number of likely N-dealkylation sites (tertiary alicyclic amines) is 1. The normalized spacial score (nSPS) is 22.3. The number of nitrogens with zero attached hydrogens (tertiary/aromatic N) is 1. The molecule has 0 N–H and O–H groups in total. The predicted molar refractivity (Wildman–Crippen MR) is 91.0 cm³/mol. The molecule has 138 valence electrons. The smallest absolute Gasteiger partial charge is 0.260 e. The fraction of sp³-hybridized carbons (Fsp3) is 0.632. The first-order valence-electron chi connectivity index (χ1n) is 8.96. The molecule has 2 aliphatic heterocycles. The Hall–Kier alpha value is -1.66. The number of rotatable bonds is 6. The molecule has 6 heteroatoms. The molecule has 0 saturated carbocycles. The van der Waals surface area contributed by atoms with E-state index in [-0.39, 0.29) is 29.9 Å². The molecule has 0 radical (unpaired) electrons. The predicted octanol–water partition coefficient (Wildman–Crippen LogP) is 2.64. The fourth-order valence-corrected chi connectivity index (χ4v) is 3.60. The van der Waals surface area contributed by atoms with Crippen molar-refractivity contribution in [3.63, 3.8) is 0 Å². The Morgan fingerprint density at radius 1 is 1.32 bits per heavy atom. The molecule has 0 unspecified atom stereocenters. The molecule has 1 aromatic carbocycles. The summed E-state index contributed by atoms with van der Waals surface area (Å²) >= 11 is 0. The van der Waals surface area contributed by atoms with E-state index in [4.69, 9.17) is 14.2 Å². The van der Waals surface area contributed by atoms with Gasteiger partial charge in [0.15, 0.2) is 6.61 Å². The first-order chi connectivity index (χ1) is 12.1. The van der Waals surface area contributed by atoms with Gasteiger partial charge in [-0.05, 0) is 55.9 Å². The highest BCUT2D eigenvalue weighted by Gasteiger charge is 2.43. The van der Waals surface area contributed by atoms with E-state index in [1.54, 1.807) is 0 Å². The molecule has 1 spiro atoms. The summed E-state index contributed by atoms with van der Waals surface area (Å²) in [4.78, 5) is 14.2. The van der Waals surface area contributed by atoms with E-state index in [1.165, 1.54) is 24.3 Å². The molecule has 0 aromatic heterocycles. The Balaban J connectivity index is 1.42. The Morgan fingerprint density at radius 3 is 2.72 bits per heavy atom. The fourth-order valence-electron chi connectivity index (χ4n) is 3.60. The number of hydrogen-bond donors (Lipinski definition) is 0. The van der Waals surface area contributed by atoms with Crippen LogP contribution in [0.15, 0.2) is 24.3 Å². The molecule has 1 amide bonds. The van der Waals surface area contributed by atoms with Crippen LogP contribution in [0.4, 0.5) is 4.39 Å². The van der Waals surface area contributed by atoms with Gasteiger partial charge in [0.25, 0.3) is 5.91 Å². The molecular formula is C19H26FNO4. The molecule has 25 heavy (non-hydrogen) atoms. The van der Waals surface area contributed by atoms with Gasteiger partial charge >= 0.3 is 0 Å². The molecule has 1 atom stereocenters. The van der Waals surface area contributed by atoms with Crippen molar-refractivity contribution in [2.24, 2.45) is 5.41 Å². The quantitative estimate of drug-likeness (QED) is 0.791. The summed E-state index contributed by atoms with van der Waals surface area (Å²) < 4.78 is 29.7. The molecule has 1 aromatic rings. The standard InChI is InChI=1S/C19H26FNO4/c1-2-23-12-17-11-19(14-25-17)7-9-21(10-8-19)18(22)13-24-16-5-3-15(20)4-6-16/h3-6,17H,2,7-14H2,1H3/t17-/m0/s1. The minimum atomic E-state index is -0.318. The highest BCUT2D eigenvalue weighted by atomic mass is 19.1. The zero-order valence-electron chi connectivity index (χ0n) is 14.7. The summed E-state index contributed by atoms with van der Waals surface area (Å²) in [6, 6.07) is 5.71. The van der Waals surface area contributed by atoms with Crippen LogP contribution in [0.2, 0.25) is 0 Å². The maximum Gasteiger partial charge on any atom is 0.260 e. The number of ether oxygens (including phenoxy) is 3. The Morgan fingerprint density at radius 2 is 2.04 bits per heavy atom. The Kier molecular flexibility index (Phi) is 5.91. The lowest BCUT2D eigenvalue weighted by Gasteiger charge is -2.38. The number of halogens is 1. The number of benzene rings is 1. The average molecular weight is 351 g/mol. The van der Waals surface area contributed by atoms with Crippen molar-refractivity contribution in [2.45, 2.75) is 32.3 Å². The number of amides is 1. The van der Waals surface area contributed by atoms with Crippen LogP contribution in [0, 0.1) is 11.2 Å².